The van der Waals surface area contributed by atoms with Gasteiger partial charge in [0.2, 0.25) is 0 Å². The summed E-state index contributed by atoms with van der Waals surface area (Å²) in [5, 5.41) is 10.9. The third kappa shape index (κ3) is 7.37. The number of hydrogen-bond donors (Lipinski definition) is 2. The van der Waals surface area contributed by atoms with Gasteiger partial charge in [0.05, 0.1) is 6.26 Å². The van der Waals surface area contributed by atoms with Gasteiger partial charge in [-0.1, -0.05) is 13.8 Å². The molecule has 0 spiro atoms. The molecule has 0 aliphatic heterocycles. The number of guanidine groups is 1. The third-order valence-corrected chi connectivity index (χ3v) is 3.45. The smallest absolute Gasteiger partial charge is 0.191 e. The van der Waals surface area contributed by atoms with E-state index < -0.39 is 0 Å². The Morgan fingerprint density at radius 2 is 2.00 bits per heavy atom. The zero-order valence-corrected chi connectivity index (χ0v) is 17.0. The zero-order chi connectivity index (χ0) is 16.5. The summed E-state index contributed by atoms with van der Waals surface area (Å²) in [5.74, 6) is 2.37. The largest absolute Gasteiger partial charge is 0.469 e. The first-order valence-corrected chi connectivity index (χ1v) is 8.16. The van der Waals surface area contributed by atoms with Crippen LogP contribution in [0, 0.1) is 5.92 Å². The maximum absolute atomic E-state index is 5.35. The molecule has 2 N–H and O–H groups in total. The van der Waals surface area contributed by atoms with Crippen LogP contribution in [0.2, 0.25) is 0 Å². The Morgan fingerprint density at radius 3 is 2.58 bits per heavy atom. The first-order valence-electron chi connectivity index (χ1n) is 8.16. The van der Waals surface area contributed by atoms with Gasteiger partial charge in [-0.15, -0.1) is 24.0 Å². The van der Waals surface area contributed by atoms with Gasteiger partial charge in [0.15, 0.2) is 5.96 Å². The topological polar surface area (TPSA) is 67.4 Å². The van der Waals surface area contributed by atoms with Crippen LogP contribution in [0.3, 0.4) is 0 Å². The molecule has 0 saturated carbocycles. The highest BCUT2D eigenvalue weighted by molar-refractivity contribution is 14.0. The van der Waals surface area contributed by atoms with Gasteiger partial charge in [0, 0.05) is 51.4 Å². The van der Waals surface area contributed by atoms with E-state index in [9.17, 15) is 0 Å². The molecular weight excluding hydrogens is 417 g/mol. The molecule has 2 aromatic rings. The molecule has 0 fully saturated rings. The summed E-state index contributed by atoms with van der Waals surface area (Å²) < 4.78 is 7.25. The van der Waals surface area contributed by atoms with Crippen LogP contribution in [-0.4, -0.2) is 35.4 Å². The Kier molecular flexibility index (Phi) is 9.51. The number of aliphatic imine (C=N–C) groups is 1. The lowest BCUT2D eigenvalue weighted by atomic mass is 10.2. The van der Waals surface area contributed by atoms with E-state index in [1.165, 1.54) is 5.69 Å². The number of aromatic nitrogens is 2. The van der Waals surface area contributed by atoms with Crippen molar-refractivity contribution in [3.8, 4) is 0 Å². The van der Waals surface area contributed by atoms with Crippen LogP contribution in [0.15, 0.2) is 40.1 Å². The van der Waals surface area contributed by atoms with Crippen molar-refractivity contribution in [2.75, 3.05) is 19.6 Å². The van der Waals surface area contributed by atoms with Gasteiger partial charge in [-0.25, -0.2) is 0 Å². The molecule has 6 nitrogen and oxygen atoms in total. The number of nitrogens with one attached hydrogen (secondary N) is 2. The van der Waals surface area contributed by atoms with Gasteiger partial charge < -0.3 is 15.1 Å². The highest BCUT2D eigenvalue weighted by Crippen LogP contribution is 2.00. The minimum absolute atomic E-state index is 0. The van der Waals surface area contributed by atoms with Crippen molar-refractivity contribution < 1.29 is 4.42 Å². The van der Waals surface area contributed by atoms with Crippen molar-refractivity contribution in [3.63, 3.8) is 0 Å². The molecule has 0 bridgehead atoms. The summed E-state index contributed by atoms with van der Waals surface area (Å²) in [6.45, 7) is 6.76. The SMILES string of the molecule is CC(C)CN=C(NCCc1ccco1)NCCc1ccnn1C.I. The van der Waals surface area contributed by atoms with E-state index in [4.69, 9.17) is 4.42 Å². The second kappa shape index (κ2) is 11.1. The van der Waals surface area contributed by atoms with Crippen molar-refractivity contribution in [2.45, 2.75) is 26.7 Å². The fourth-order valence-electron chi connectivity index (χ4n) is 2.16. The number of furan rings is 1. The standard InChI is InChI=1S/C17H27N5O.HI/c1-14(2)13-20-17(19-10-8-16-5-4-12-23-16)18-9-6-15-7-11-21-22(15)3;/h4-5,7,11-12,14H,6,8-10,13H2,1-3H3,(H2,18,19,20);1H. The highest BCUT2D eigenvalue weighted by atomic mass is 127. The number of halogens is 1. The van der Waals surface area contributed by atoms with Crippen molar-refractivity contribution >= 4 is 29.9 Å². The monoisotopic (exact) mass is 445 g/mol. The summed E-state index contributed by atoms with van der Waals surface area (Å²) in [6, 6.07) is 5.94. The molecular formula is C17H28IN5O. The second-order valence-corrected chi connectivity index (χ2v) is 5.96. The van der Waals surface area contributed by atoms with Crippen LogP contribution in [0.25, 0.3) is 0 Å². The predicted octanol–water partition coefficient (Wildman–Crippen LogP) is 2.61. The van der Waals surface area contributed by atoms with E-state index in [1.807, 2.05) is 36.1 Å². The first-order chi connectivity index (χ1) is 11.1. The number of nitrogens with zero attached hydrogens (tertiary/aromatic N) is 3. The maximum Gasteiger partial charge on any atom is 0.191 e. The minimum atomic E-state index is 0. The molecule has 0 aliphatic carbocycles. The van der Waals surface area contributed by atoms with Crippen molar-refractivity contribution in [3.05, 3.63) is 42.1 Å². The van der Waals surface area contributed by atoms with Gasteiger partial charge in [0.1, 0.15) is 5.76 Å². The molecule has 2 aromatic heterocycles. The van der Waals surface area contributed by atoms with Gasteiger partial charge >= 0.3 is 0 Å². The van der Waals surface area contributed by atoms with E-state index in [1.54, 1.807) is 6.26 Å². The lowest BCUT2D eigenvalue weighted by Gasteiger charge is -2.13. The summed E-state index contributed by atoms with van der Waals surface area (Å²) >= 11 is 0. The number of aryl methyl sites for hydroxylation is 1. The van der Waals surface area contributed by atoms with E-state index in [0.29, 0.717) is 5.92 Å². The lowest BCUT2D eigenvalue weighted by molar-refractivity contribution is 0.506. The molecule has 0 aromatic carbocycles. The molecule has 7 heteroatoms. The molecule has 0 saturated heterocycles. The van der Waals surface area contributed by atoms with Gasteiger partial charge in [-0.05, 0) is 24.1 Å². The summed E-state index contributed by atoms with van der Waals surface area (Å²) in [4.78, 5) is 4.62. The predicted molar refractivity (Wildman–Crippen MR) is 108 cm³/mol. The average Bonchev–Trinajstić information content (AvgIpc) is 3.16. The van der Waals surface area contributed by atoms with Crippen LogP contribution in [0.1, 0.15) is 25.3 Å². The van der Waals surface area contributed by atoms with E-state index >= 15 is 0 Å². The van der Waals surface area contributed by atoms with Crippen LogP contribution < -0.4 is 10.6 Å². The van der Waals surface area contributed by atoms with Crippen LogP contribution in [-0.2, 0) is 19.9 Å². The summed E-state index contributed by atoms with van der Waals surface area (Å²) in [6.07, 6.45) is 5.29. The highest BCUT2D eigenvalue weighted by Gasteiger charge is 2.03. The Morgan fingerprint density at radius 1 is 1.25 bits per heavy atom. The summed E-state index contributed by atoms with van der Waals surface area (Å²) in [5.41, 5.74) is 1.20. The van der Waals surface area contributed by atoms with Gasteiger partial charge in [0.25, 0.3) is 0 Å². The maximum atomic E-state index is 5.35. The first kappa shape index (κ1) is 20.5. The molecule has 0 radical (unpaired) electrons. The molecule has 2 heterocycles. The van der Waals surface area contributed by atoms with Crippen molar-refractivity contribution in [1.29, 1.82) is 0 Å². The lowest BCUT2D eigenvalue weighted by Crippen LogP contribution is -2.39. The molecule has 0 amide bonds. The van der Waals surface area contributed by atoms with Crippen LogP contribution in [0.4, 0.5) is 0 Å². The van der Waals surface area contributed by atoms with Crippen molar-refractivity contribution in [1.82, 2.24) is 20.4 Å². The molecule has 2 rings (SSSR count). The second-order valence-electron chi connectivity index (χ2n) is 5.96. The Balaban J connectivity index is 0.00000288. The van der Waals surface area contributed by atoms with Gasteiger partial charge in [-0.2, -0.15) is 5.10 Å². The third-order valence-electron chi connectivity index (χ3n) is 3.45. The fraction of sp³-hybridized carbons (Fsp3) is 0.529. The van der Waals surface area contributed by atoms with Crippen molar-refractivity contribution in [2.24, 2.45) is 18.0 Å². The molecule has 0 aliphatic rings. The average molecular weight is 445 g/mol. The molecule has 134 valence electrons. The zero-order valence-electron chi connectivity index (χ0n) is 14.7. The fourth-order valence-corrected chi connectivity index (χ4v) is 2.16. The molecule has 0 unspecified atom stereocenters. The minimum Gasteiger partial charge on any atom is -0.469 e. The van der Waals surface area contributed by atoms with E-state index in [-0.39, 0.29) is 24.0 Å². The van der Waals surface area contributed by atoms with Gasteiger partial charge in [-0.3, -0.25) is 9.67 Å². The number of rotatable bonds is 8. The van der Waals surface area contributed by atoms with E-state index in [0.717, 1.165) is 44.2 Å². The normalized spacial score (nSPS) is 11.4. The molecule has 0 atom stereocenters. The number of hydrogen-bond acceptors (Lipinski definition) is 3. The van der Waals surface area contributed by atoms with Crippen LogP contribution in [0.5, 0.6) is 0 Å². The Labute approximate surface area is 161 Å². The molecule has 24 heavy (non-hydrogen) atoms. The Bertz CT molecular complexity index is 592. The van der Waals surface area contributed by atoms with Crippen LogP contribution >= 0.6 is 24.0 Å². The Hall–Kier alpha value is -1.51. The van der Waals surface area contributed by atoms with E-state index in [2.05, 4.69) is 34.6 Å². The quantitative estimate of drug-likeness (QED) is 0.373. The summed E-state index contributed by atoms with van der Waals surface area (Å²) in [7, 11) is 1.96.